The first-order valence-corrected chi connectivity index (χ1v) is 12.4. The van der Waals surface area contributed by atoms with Crippen molar-refractivity contribution in [1.29, 1.82) is 5.26 Å². The molecule has 4 amide bonds. The van der Waals surface area contributed by atoms with Gasteiger partial charge in [-0.15, -0.1) is 0 Å². The quantitative estimate of drug-likeness (QED) is 0.565. The first-order chi connectivity index (χ1) is 17.7. The Hall–Kier alpha value is -4.19. The van der Waals surface area contributed by atoms with E-state index in [1.165, 1.54) is 16.8 Å². The van der Waals surface area contributed by atoms with Gasteiger partial charge in [-0.1, -0.05) is 50.2 Å². The minimum atomic E-state index is -1.01. The van der Waals surface area contributed by atoms with Crippen molar-refractivity contribution in [2.24, 2.45) is 5.92 Å². The minimum Gasteiger partial charge on any atom is -0.333 e. The van der Waals surface area contributed by atoms with Crippen molar-refractivity contribution in [2.45, 2.75) is 50.6 Å². The number of hydrogen-bond acceptors (Lipinski definition) is 5. The van der Waals surface area contributed by atoms with E-state index in [-0.39, 0.29) is 24.8 Å². The van der Waals surface area contributed by atoms with Crippen LogP contribution in [0.5, 0.6) is 0 Å². The van der Waals surface area contributed by atoms with Gasteiger partial charge in [0.1, 0.15) is 18.5 Å². The van der Waals surface area contributed by atoms with Crippen LogP contribution in [0, 0.1) is 17.2 Å². The second kappa shape index (κ2) is 10.4. The summed E-state index contributed by atoms with van der Waals surface area (Å²) in [6.07, 6.45) is 0.115. The van der Waals surface area contributed by atoms with Crippen LogP contribution >= 0.6 is 0 Å². The standard InChI is InChI=1S/C28H31N5O4/c1-18(2)13-23(32(3)25(35)14-24(34)30-19-9-5-4-6-10-19)26(36)33-17-28(15-20(33)16-29)21-11-7-8-12-22(21)31-27(28)37/h4-12,18,20,23H,13-15,17H2,1-3H3,(H,30,34)(H,31,37)/t20-,23-,28-/m0/s1. The van der Waals surface area contributed by atoms with Crippen LogP contribution in [0.25, 0.3) is 0 Å². The van der Waals surface area contributed by atoms with E-state index < -0.39 is 41.6 Å². The summed E-state index contributed by atoms with van der Waals surface area (Å²) in [4.78, 5) is 55.2. The van der Waals surface area contributed by atoms with Crippen molar-refractivity contribution in [3.8, 4) is 6.07 Å². The summed E-state index contributed by atoms with van der Waals surface area (Å²) >= 11 is 0. The molecule has 0 aromatic heterocycles. The maximum absolute atomic E-state index is 13.9. The molecule has 2 N–H and O–H groups in total. The molecule has 0 aliphatic carbocycles. The highest BCUT2D eigenvalue weighted by atomic mass is 16.2. The van der Waals surface area contributed by atoms with Gasteiger partial charge in [-0.2, -0.15) is 5.26 Å². The fourth-order valence-corrected chi connectivity index (χ4v) is 5.21. The van der Waals surface area contributed by atoms with E-state index >= 15 is 0 Å². The average molecular weight is 502 g/mol. The summed E-state index contributed by atoms with van der Waals surface area (Å²) in [5.74, 6) is -1.54. The number of anilines is 2. The molecule has 0 saturated carbocycles. The van der Waals surface area contributed by atoms with Gasteiger partial charge in [-0.25, -0.2) is 0 Å². The first-order valence-electron chi connectivity index (χ1n) is 12.4. The normalized spacial score (nSPS) is 20.8. The molecule has 4 rings (SSSR count). The van der Waals surface area contributed by atoms with Gasteiger partial charge in [0.25, 0.3) is 0 Å². The second-order valence-corrected chi connectivity index (χ2v) is 10.1. The Kier molecular flexibility index (Phi) is 7.30. The van der Waals surface area contributed by atoms with E-state index in [0.717, 1.165) is 5.56 Å². The van der Waals surface area contributed by atoms with E-state index in [1.54, 1.807) is 24.3 Å². The van der Waals surface area contributed by atoms with Crippen LogP contribution < -0.4 is 10.6 Å². The van der Waals surface area contributed by atoms with Crippen LogP contribution in [-0.4, -0.2) is 59.1 Å². The van der Waals surface area contributed by atoms with Crippen molar-refractivity contribution in [1.82, 2.24) is 9.80 Å². The molecule has 0 bridgehead atoms. The highest BCUT2D eigenvalue weighted by molar-refractivity contribution is 6.08. The predicted molar refractivity (Wildman–Crippen MR) is 138 cm³/mol. The summed E-state index contributed by atoms with van der Waals surface area (Å²) in [5.41, 5.74) is 1.03. The molecule has 2 aromatic carbocycles. The van der Waals surface area contributed by atoms with Crippen molar-refractivity contribution < 1.29 is 19.2 Å². The number of amides is 4. The lowest BCUT2D eigenvalue weighted by Crippen LogP contribution is -2.52. The number of nitrogens with one attached hydrogen (secondary N) is 2. The third-order valence-electron chi connectivity index (χ3n) is 7.13. The Balaban J connectivity index is 1.54. The molecular weight excluding hydrogens is 470 g/mol. The number of para-hydroxylation sites is 2. The monoisotopic (exact) mass is 501 g/mol. The fourth-order valence-electron chi connectivity index (χ4n) is 5.21. The molecule has 9 heteroatoms. The van der Waals surface area contributed by atoms with Crippen LogP contribution in [0.4, 0.5) is 11.4 Å². The highest BCUT2D eigenvalue weighted by Gasteiger charge is 2.56. The lowest BCUT2D eigenvalue weighted by atomic mass is 9.80. The molecule has 192 valence electrons. The largest absolute Gasteiger partial charge is 0.333 e. The third kappa shape index (κ3) is 5.05. The van der Waals surface area contributed by atoms with Gasteiger partial charge in [0.15, 0.2) is 0 Å². The van der Waals surface area contributed by atoms with E-state index in [4.69, 9.17) is 0 Å². The van der Waals surface area contributed by atoms with E-state index in [2.05, 4.69) is 16.7 Å². The zero-order valence-electron chi connectivity index (χ0n) is 21.2. The Bertz CT molecular complexity index is 1250. The van der Waals surface area contributed by atoms with Gasteiger partial charge in [0.2, 0.25) is 23.6 Å². The number of hydrogen-bond donors (Lipinski definition) is 2. The Morgan fingerprint density at radius 3 is 2.51 bits per heavy atom. The number of rotatable bonds is 7. The molecule has 1 saturated heterocycles. The Morgan fingerprint density at radius 1 is 1.16 bits per heavy atom. The molecule has 37 heavy (non-hydrogen) atoms. The van der Waals surface area contributed by atoms with Gasteiger partial charge in [0, 0.05) is 31.4 Å². The van der Waals surface area contributed by atoms with Crippen LogP contribution in [0.2, 0.25) is 0 Å². The summed E-state index contributed by atoms with van der Waals surface area (Å²) in [7, 11) is 1.51. The fraction of sp³-hybridized carbons (Fsp3) is 0.393. The zero-order valence-corrected chi connectivity index (χ0v) is 21.2. The Labute approximate surface area is 216 Å². The predicted octanol–water partition coefficient (Wildman–Crippen LogP) is 2.90. The summed E-state index contributed by atoms with van der Waals surface area (Å²) in [6.45, 7) is 3.93. The van der Waals surface area contributed by atoms with Gasteiger partial charge in [-0.3, -0.25) is 19.2 Å². The van der Waals surface area contributed by atoms with Gasteiger partial charge in [-0.05, 0) is 36.1 Å². The van der Waals surface area contributed by atoms with Crippen molar-refractivity contribution >= 4 is 35.0 Å². The van der Waals surface area contributed by atoms with Gasteiger partial charge < -0.3 is 20.4 Å². The lowest BCUT2D eigenvalue weighted by Gasteiger charge is -2.33. The number of carbonyl (C=O) groups excluding carboxylic acids is 4. The topological polar surface area (TPSA) is 123 Å². The Morgan fingerprint density at radius 2 is 1.84 bits per heavy atom. The molecular formula is C28H31N5O4. The van der Waals surface area contributed by atoms with Crippen molar-refractivity contribution in [2.75, 3.05) is 24.2 Å². The van der Waals surface area contributed by atoms with Crippen molar-refractivity contribution in [3.05, 3.63) is 60.2 Å². The zero-order chi connectivity index (χ0) is 26.7. The number of fused-ring (bicyclic) bond motifs is 2. The molecule has 2 heterocycles. The number of likely N-dealkylation sites (N-methyl/N-ethyl adjacent to an activating group) is 1. The average Bonchev–Trinajstić information content (AvgIpc) is 3.40. The first kappa shape index (κ1) is 25.9. The molecule has 2 aromatic rings. The number of nitrogens with zero attached hydrogens (tertiary/aromatic N) is 3. The molecule has 9 nitrogen and oxygen atoms in total. The summed E-state index contributed by atoms with van der Waals surface area (Å²) < 4.78 is 0. The number of likely N-dealkylation sites (tertiary alicyclic amines) is 1. The van der Waals surface area contributed by atoms with E-state index in [1.807, 2.05) is 44.2 Å². The lowest BCUT2D eigenvalue weighted by molar-refractivity contribution is -0.146. The smallest absolute Gasteiger partial charge is 0.246 e. The molecule has 2 aliphatic rings. The number of carbonyl (C=O) groups is 4. The minimum absolute atomic E-state index is 0.0536. The number of benzene rings is 2. The third-order valence-corrected chi connectivity index (χ3v) is 7.13. The summed E-state index contributed by atoms with van der Waals surface area (Å²) in [5, 5.41) is 15.5. The van der Waals surface area contributed by atoms with E-state index in [0.29, 0.717) is 17.8 Å². The van der Waals surface area contributed by atoms with Crippen LogP contribution in [0.1, 0.15) is 38.7 Å². The van der Waals surface area contributed by atoms with Gasteiger partial charge in [0.05, 0.1) is 11.5 Å². The van der Waals surface area contributed by atoms with Crippen LogP contribution in [-0.2, 0) is 24.6 Å². The SMILES string of the molecule is CC(C)C[C@@H](C(=O)N1C[C@]2(C[C@H]1C#N)C(=O)Nc1ccccc12)N(C)C(=O)CC(=O)Nc1ccccc1. The molecule has 1 spiro atoms. The highest BCUT2D eigenvalue weighted by Crippen LogP contribution is 2.46. The van der Waals surface area contributed by atoms with Crippen LogP contribution in [0.15, 0.2) is 54.6 Å². The summed E-state index contributed by atoms with van der Waals surface area (Å²) in [6, 6.07) is 16.6. The van der Waals surface area contributed by atoms with E-state index in [9.17, 15) is 24.4 Å². The molecule has 1 fully saturated rings. The van der Waals surface area contributed by atoms with Crippen molar-refractivity contribution in [3.63, 3.8) is 0 Å². The molecule has 0 radical (unpaired) electrons. The maximum Gasteiger partial charge on any atom is 0.246 e. The van der Waals surface area contributed by atoms with Gasteiger partial charge >= 0.3 is 0 Å². The molecule has 0 unspecified atom stereocenters. The second-order valence-electron chi connectivity index (χ2n) is 10.1. The number of nitriles is 1. The molecule has 3 atom stereocenters. The van der Waals surface area contributed by atoms with Crippen LogP contribution in [0.3, 0.4) is 0 Å². The maximum atomic E-state index is 13.9. The molecule has 2 aliphatic heterocycles.